The summed E-state index contributed by atoms with van der Waals surface area (Å²) in [6.07, 6.45) is 5.44. The number of likely N-dealkylation sites (N-methyl/N-ethyl adjacent to an activating group) is 1. The highest BCUT2D eigenvalue weighted by molar-refractivity contribution is 5.87. The predicted octanol–water partition coefficient (Wildman–Crippen LogP) is 2.51. The Balaban J connectivity index is 1.39. The van der Waals surface area contributed by atoms with Crippen LogP contribution in [-0.4, -0.2) is 74.4 Å². The van der Waals surface area contributed by atoms with E-state index in [4.69, 9.17) is 0 Å². The van der Waals surface area contributed by atoms with E-state index in [0.717, 1.165) is 34.1 Å². The zero-order chi connectivity index (χ0) is 26.3. The van der Waals surface area contributed by atoms with E-state index < -0.39 is 23.9 Å². The van der Waals surface area contributed by atoms with Gasteiger partial charge < -0.3 is 30.3 Å². The summed E-state index contributed by atoms with van der Waals surface area (Å²) in [5, 5.41) is 46.6. The van der Waals surface area contributed by atoms with Crippen LogP contribution in [0.25, 0.3) is 16.3 Å². The summed E-state index contributed by atoms with van der Waals surface area (Å²) in [5.74, 6) is 0.151. The molecule has 1 heterocycles. The van der Waals surface area contributed by atoms with Gasteiger partial charge in [-0.05, 0) is 91.9 Å². The van der Waals surface area contributed by atoms with Gasteiger partial charge in [0.15, 0.2) is 0 Å². The van der Waals surface area contributed by atoms with E-state index in [1.165, 1.54) is 0 Å². The van der Waals surface area contributed by atoms with E-state index >= 15 is 0 Å². The minimum absolute atomic E-state index is 0.115. The van der Waals surface area contributed by atoms with Gasteiger partial charge in [-0.15, -0.1) is 0 Å². The molecule has 0 saturated heterocycles. The third-order valence-electron chi connectivity index (χ3n) is 9.70. The molecule has 0 bridgehead atoms. The fourth-order valence-corrected chi connectivity index (χ4v) is 7.65. The van der Waals surface area contributed by atoms with Crippen LogP contribution >= 0.6 is 0 Å². The molecule has 7 nitrogen and oxygen atoms in total. The largest absolute Gasteiger partial charge is 0.388 e. The number of aromatic amines is 1. The van der Waals surface area contributed by atoms with Crippen LogP contribution in [0.1, 0.15) is 44.6 Å². The monoisotopic (exact) mass is 504 g/mol. The lowest BCUT2D eigenvalue weighted by molar-refractivity contribution is -0.0922. The number of pyridine rings is 1. The fraction of sp³-hybridized carbons (Fsp3) is 0.500. The number of nitrogens with one attached hydrogen (secondary N) is 1. The molecule has 4 aliphatic rings. The normalized spacial score (nSPS) is 37.6. The molecule has 7 unspecified atom stereocenters. The van der Waals surface area contributed by atoms with Crippen molar-refractivity contribution in [3.8, 4) is 0 Å². The lowest BCUT2D eigenvalue weighted by Crippen LogP contribution is -2.58. The third kappa shape index (κ3) is 3.63. The summed E-state index contributed by atoms with van der Waals surface area (Å²) in [5.41, 5.74) is 2.80. The fourth-order valence-electron chi connectivity index (χ4n) is 7.65. The van der Waals surface area contributed by atoms with E-state index in [1.54, 1.807) is 12.3 Å². The minimum Gasteiger partial charge on any atom is -0.388 e. The minimum atomic E-state index is -1.24. The maximum absolute atomic E-state index is 12.5. The topological polar surface area (TPSA) is 117 Å². The van der Waals surface area contributed by atoms with Crippen LogP contribution in [0, 0.1) is 11.3 Å². The molecule has 1 aromatic heterocycles. The lowest BCUT2D eigenvalue weighted by atomic mass is 9.61. The van der Waals surface area contributed by atoms with Crippen molar-refractivity contribution < 1.29 is 20.4 Å². The van der Waals surface area contributed by atoms with Gasteiger partial charge in [0, 0.05) is 23.0 Å². The molecule has 0 aliphatic heterocycles. The van der Waals surface area contributed by atoms with Gasteiger partial charge in [-0.2, -0.15) is 0 Å². The van der Waals surface area contributed by atoms with Gasteiger partial charge in [0.25, 0.3) is 5.56 Å². The van der Waals surface area contributed by atoms with Gasteiger partial charge in [0.05, 0.1) is 17.8 Å². The average molecular weight is 505 g/mol. The number of H-pyrrole nitrogens is 1. The summed E-state index contributed by atoms with van der Waals surface area (Å²) < 4.78 is 0. The molecule has 5 N–H and O–H groups in total. The Morgan fingerprint density at radius 2 is 1.89 bits per heavy atom. The number of benzene rings is 1. The van der Waals surface area contributed by atoms with Crippen molar-refractivity contribution in [2.45, 2.75) is 69.0 Å². The number of allylic oxidation sites excluding steroid dienone is 3. The first-order chi connectivity index (χ1) is 17.5. The van der Waals surface area contributed by atoms with Crippen molar-refractivity contribution in [3.05, 3.63) is 75.3 Å². The molecule has 7 atom stereocenters. The first-order valence-corrected chi connectivity index (χ1v) is 13.2. The molecule has 1 saturated carbocycles. The standard InChI is InChI=1S/C30H36N2O5/c1-29-15-25(33)20-13-23-26(34)27(35)24(32(2)3)14-30(23,37)10-8-18(20)22(29)7-6-21(29)17-5-4-16-9-11-31-28(36)19(16)12-17/h4-6,9,11-13,22,24-27,33-35,37H,7-8,10,14-15H2,1-3H3,(H,31,36). The Labute approximate surface area is 216 Å². The number of hydrogen-bond acceptors (Lipinski definition) is 6. The highest BCUT2D eigenvalue weighted by atomic mass is 16.3. The third-order valence-corrected chi connectivity index (χ3v) is 9.70. The first-order valence-electron chi connectivity index (χ1n) is 13.2. The van der Waals surface area contributed by atoms with Crippen LogP contribution < -0.4 is 5.56 Å². The molecular formula is C30H36N2O5. The number of rotatable bonds is 2. The number of nitrogens with zero attached hydrogens (tertiary/aromatic N) is 1. The second kappa shape index (κ2) is 8.48. The number of aliphatic hydroxyl groups excluding tert-OH is 3. The van der Waals surface area contributed by atoms with Gasteiger partial charge in [-0.25, -0.2) is 0 Å². The highest BCUT2D eigenvalue weighted by Gasteiger charge is 2.53. The zero-order valence-corrected chi connectivity index (χ0v) is 21.6. The smallest absolute Gasteiger partial charge is 0.255 e. The van der Waals surface area contributed by atoms with E-state index in [2.05, 4.69) is 24.1 Å². The molecule has 7 heteroatoms. The Hall–Kier alpha value is -2.55. The SMILES string of the molecule is CN(C)C1CC2(O)CCC3=C(C=C2C(O)C1O)C(O)CC1(C)C(c2ccc4cc[nH]c(=O)c4c2)=CCC31. The molecular weight excluding hydrogens is 468 g/mol. The van der Waals surface area contributed by atoms with Crippen LogP contribution in [0.15, 0.2) is 64.1 Å². The summed E-state index contributed by atoms with van der Waals surface area (Å²) >= 11 is 0. The van der Waals surface area contributed by atoms with Gasteiger partial charge in [-0.1, -0.05) is 36.8 Å². The summed E-state index contributed by atoms with van der Waals surface area (Å²) in [7, 11) is 3.69. The van der Waals surface area contributed by atoms with Crippen LogP contribution in [0.5, 0.6) is 0 Å². The highest BCUT2D eigenvalue weighted by Crippen LogP contribution is 2.60. The summed E-state index contributed by atoms with van der Waals surface area (Å²) in [6.45, 7) is 2.20. The van der Waals surface area contributed by atoms with Crippen molar-refractivity contribution in [3.63, 3.8) is 0 Å². The van der Waals surface area contributed by atoms with Gasteiger partial charge in [0.2, 0.25) is 0 Å². The Morgan fingerprint density at radius 1 is 1.11 bits per heavy atom. The molecule has 1 aromatic carbocycles. The number of aromatic nitrogens is 1. The van der Waals surface area contributed by atoms with E-state index in [9.17, 15) is 25.2 Å². The molecule has 37 heavy (non-hydrogen) atoms. The van der Waals surface area contributed by atoms with Crippen LogP contribution in [0.3, 0.4) is 0 Å². The van der Waals surface area contributed by atoms with E-state index in [1.807, 2.05) is 37.2 Å². The maximum atomic E-state index is 12.5. The maximum Gasteiger partial charge on any atom is 0.255 e. The first kappa shape index (κ1) is 24.8. The summed E-state index contributed by atoms with van der Waals surface area (Å²) in [4.78, 5) is 17.1. The van der Waals surface area contributed by atoms with Crippen molar-refractivity contribution in [2.75, 3.05) is 14.1 Å². The van der Waals surface area contributed by atoms with Crippen molar-refractivity contribution >= 4 is 16.3 Å². The van der Waals surface area contributed by atoms with Crippen molar-refractivity contribution in [1.82, 2.24) is 9.88 Å². The summed E-state index contributed by atoms with van der Waals surface area (Å²) in [6, 6.07) is 7.52. The number of aliphatic hydroxyl groups is 4. The molecule has 0 radical (unpaired) electrons. The molecule has 0 spiro atoms. The van der Waals surface area contributed by atoms with Crippen molar-refractivity contribution in [1.29, 1.82) is 0 Å². The zero-order valence-electron chi connectivity index (χ0n) is 21.6. The van der Waals surface area contributed by atoms with E-state index in [0.29, 0.717) is 36.6 Å². The quantitative estimate of drug-likeness (QED) is 0.429. The Morgan fingerprint density at radius 3 is 2.65 bits per heavy atom. The molecule has 196 valence electrons. The van der Waals surface area contributed by atoms with Crippen LogP contribution in [0.4, 0.5) is 0 Å². The van der Waals surface area contributed by atoms with Crippen LogP contribution in [-0.2, 0) is 0 Å². The van der Waals surface area contributed by atoms with E-state index in [-0.39, 0.29) is 22.9 Å². The van der Waals surface area contributed by atoms with Gasteiger partial charge in [-0.3, -0.25) is 4.79 Å². The lowest BCUT2D eigenvalue weighted by Gasteiger charge is -2.46. The predicted molar refractivity (Wildman–Crippen MR) is 143 cm³/mol. The molecule has 6 rings (SSSR count). The Kier molecular flexibility index (Phi) is 5.68. The van der Waals surface area contributed by atoms with Crippen molar-refractivity contribution in [2.24, 2.45) is 11.3 Å². The molecule has 1 fully saturated rings. The molecule has 4 aliphatic carbocycles. The van der Waals surface area contributed by atoms with Crippen LogP contribution in [0.2, 0.25) is 0 Å². The molecule has 0 amide bonds. The number of fused-ring (bicyclic) bond motifs is 4. The molecule has 2 aromatic rings. The Bertz CT molecular complexity index is 1420. The second-order valence-electron chi connectivity index (χ2n) is 11.9. The number of hydrogen-bond donors (Lipinski definition) is 5. The van der Waals surface area contributed by atoms with Gasteiger partial charge in [0.1, 0.15) is 6.10 Å². The average Bonchev–Trinajstić information content (AvgIpc) is 3.10. The van der Waals surface area contributed by atoms with Gasteiger partial charge >= 0.3 is 0 Å². The second-order valence-corrected chi connectivity index (χ2v) is 11.9.